The fourth-order valence-corrected chi connectivity index (χ4v) is 2.84. The molecule has 3 rings (SSSR count). The van der Waals surface area contributed by atoms with Crippen molar-refractivity contribution in [2.75, 3.05) is 18.0 Å². The lowest BCUT2D eigenvalue weighted by molar-refractivity contribution is 0.0969. The lowest BCUT2D eigenvalue weighted by atomic mass is 9.92. The van der Waals surface area contributed by atoms with E-state index in [1.165, 1.54) is 0 Å². The van der Waals surface area contributed by atoms with Gasteiger partial charge in [-0.2, -0.15) is 5.10 Å². The van der Waals surface area contributed by atoms with Crippen molar-refractivity contribution in [3.63, 3.8) is 0 Å². The Kier molecular flexibility index (Phi) is 3.40. The standard InChI is InChI=1S/C16H24N4O/c1-11-10-19(7-5-13(11)21)15-12-9-14(16(2,3)4)18-20(12)8-6-17-15/h6,8-9,11,13,21H,5,7,10H2,1-4H3. The number of hydrogen-bond acceptors (Lipinski definition) is 4. The maximum absolute atomic E-state index is 9.90. The highest BCUT2D eigenvalue weighted by molar-refractivity contribution is 5.69. The third-order valence-corrected chi connectivity index (χ3v) is 4.30. The number of aliphatic hydroxyl groups is 1. The molecule has 3 heterocycles. The molecule has 0 aromatic carbocycles. The van der Waals surface area contributed by atoms with Gasteiger partial charge in [-0.3, -0.25) is 0 Å². The average Bonchev–Trinajstić information content (AvgIpc) is 2.86. The second-order valence-corrected chi connectivity index (χ2v) is 7.14. The zero-order valence-corrected chi connectivity index (χ0v) is 13.2. The van der Waals surface area contributed by atoms with Gasteiger partial charge in [0.1, 0.15) is 5.52 Å². The zero-order chi connectivity index (χ0) is 15.2. The van der Waals surface area contributed by atoms with Crippen LogP contribution in [-0.4, -0.2) is 38.9 Å². The van der Waals surface area contributed by atoms with Gasteiger partial charge in [0.2, 0.25) is 0 Å². The van der Waals surface area contributed by atoms with Crippen LogP contribution < -0.4 is 4.90 Å². The molecule has 1 N–H and O–H groups in total. The van der Waals surface area contributed by atoms with E-state index in [1.807, 2.05) is 10.7 Å². The molecule has 2 unspecified atom stereocenters. The highest BCUT2D eigenvalue weighted by atomic mass is 16.3. The fraction of sp³-hybridized carbons (Fsp3) is 0.625. The summed E-state index contributed by atoms with van der Waals surface area (Å²) >= 11 is 0. The Bertz CT molecular complexity index is 643. The lowest BCUT2D eigenvalue weighted by Gasteiger charge is -2.35. The molecule has 0 bridgehead atoms. The minimum atomic E-state index is -0.198. The normalized spacial score (nSPS) is 23.8. The van der Waals surface area contributed by atoms with Crippen LogP contribution in [0.5, 0.6) is 0 Å². The molecule has 5 nitrogen and oxygen atoms in total. The summed E-state index contributed by atoms with van der Waals surface area (Å²) in [5, 5.41) is 14.6. The van der Waals surface area contributed by atoms with Gasteiger partial charge in [-0.05, 0) is 18.4 Å². The van der Waals surface area contributed by atoms with Crippen molar-refractivity contribution in [1.82, 2.24) is 14.6 Å². The largest absolute Gasteiger partial charge is 0.393 e. The van der Waals surface area contributed by atoms with Crippen molar-refractivity contribution < 1.29 is 5.11 Å². The Hall–Kier alpha value is -1.62. The van der Waals surface area contributed by atoms with Gasteiger partial charge in [-0.25, -0.2) is 9.50 Å². The second kappa shape index (κ2) is 4.98. The molecule has 1 saturated heterocycles. The Morgan fingerprint density at radius 2 is 2.10 bits per heavy atom. The van der Waals surface area contributed by atoms with Gasteiger partial charge in [0.25, 0.3) is 0 Å². The lowest BCUT2D eigenvalue weighted by Crippen LogP contribution is -2.42. The second-order valence-electron chi connectivity index (χ2n) is 7.14. The van der Waals surface area contributed by atoms with Crippen LogP contribution in [-0.2, 0) is 5.41 Å². The van der Waals surface area contributed by atoms with Crippen molar-refractivity contribution in [2.45, 2.75) is 45.6 Å². The van der Waals surface area contributed by atoms with E-state index in [0.717, 1.165) is 36.5 Å². The molecule has 0 spiro atoms. The van der Waals surface area contributed by atoms with Gasteiger partial charge >= 0.3 is 0 Å². The molecule has 1 fully saturated rings. The third kappa shape index (κ3) is 2.62. The molecule has 1 aliphatic heterocycles. The molecule has 0 radical (unpaired) electrons. The predicted molar refractivity (Wildman–Crippen MR) is 83.7 cm³/mol. The first kappa shape index (κ1) is 14.3. The molecule has 21 heavy (non-hydrogen) atoms. The molecule has 2 aromatic rings. The van der Waals surface area contributed by atoms with Crippen molar-refractivity contribution >= 4 is 11.3 Å². The smallest absolute Gasteiger partial charge is 0.154 e. The Morgan fingerprint density at radius 3 is 2.76 bits per heavy atom. The number of fused-ring (bicyclic) bond motifs is 1. The minimum Gasteiger partial charge on any atom is -0.393 e. The summed E-state index contributed by atoms with van der Waals surface area (Å²) < 4.78 is 1.92. The van der Waals surface area contributed by atoms with Crippen LogP contribution in [0.15, 0.2) is 18.5 Å². The monoisotopic (exact) mass is 288 g/mol. The number of piperidine rings is 1. The molecule has 0 saturated carbocycles. The van der Waals surface area contributed by atoms with Gasteiger partial charge in [-0.15, -0.1) is 0 Å². The Labute approximate surface area is 125 Å². The number of aromatic nitrogens is 3. The highest BCUT2D eigenvalue weighted by Gasteiger charge is 2.27. The summed E-state index contributed by atoms with van der Waals surface area (Å²) in [4.78, 5) is 6.83. The summed E-state index contributed by atoms with van der Waals surface area (Å²) in [6, 6.07) is 2.14. The first-order chi connectivity index (χ1) is 9.86. The molecular formula is C16H24N4O. The van der Waals surface area contributed by atoms with E-state index < -0.39 is 0 Å². The minimum absolute atomic E-state index is 0.0225. The molecule has 114 valence electrons. The van der Waals surface area contributed by atoms with Gasteiger partial charge in [0.15, 0.2) is 5.82 Å². The maximum atomic E-state index is 9.90. The van der Waals surface area contributed by atoms with Gasteiger partial charge in [0, 0.05) is 30.9 Å². The number of rotatable bonds is 1. The molecular weight excluding hydrogens is 264 g/mol. The summed E-state index contributed by atoms with van der Waals surface area (Å²) in [5.41, 5.74) is 2.14. The van der Waals surface area contributed by atoms with Gasteiger partial charge in [0.05, 0.1) is 11.8 Å². The van der Waals surface area contributed by atoms with E-state index in [2.05, 4.69) is 48.7 Å². The van der Waals surface area contributed by atoms with Crippen LogP contribution >= 0.6 is 0 Å². The maximum Gasteiger partial charge on any atom is 0.154 e. The van der Waals surface area contributed by atoms with E-state index in [9.17, 15) is 5.11 Å². The summed E-state index contributed by atoms with van der Waals surface area (Å²) in [6.45, 7) is 10.3. The van der Waals surface area contributed by atoms with Crippen LogP contribution in [0.2, 0.25) is 0 Å². The number of hydrogen-bond donors (Lipinski definition) is 1. The van der Waals surface area contributed by atoms with Crippen molar-refractivity contribution in [3.05, 3.63) is 24.2 Å². The van der Waals surface area contributed by atoms with E-state index in [4.69, 9.17) is 0 Å². The summed E-state index contributed by atoms with van der Waals surface area (Å²) in [7, 11) is 0. The number of aliphatic hydroxyl groups excluding tert-OH is 1. The summed E-state index contributed by atoms with van der Waals surface area (Å²) in [5.74, 6) is 1.24. The Morgan fingerprint density at radius 1 is 1.33 bits per heavy atom. The van der Waals surface area contributed by atoms with Gasteiger partial charge in [-0.1, -0.05) is 27.7 Å². The summed E-state index contributed by atoms with van der Waals surface area (Å²) in [6.07, 6.45) is 4.30. The fourth-order valence-electron chi connectivity index (χ4n) is 2.84. The molecule has 0 amide bonds. The van der Waals surface area contributed by atoms with Gasteiger partial charge < -0.3 is 10.0 Å². The predicted octanol–water partition coefficient (Wildman–Crippen LogP) is 2.23. The zero-order valence-electron chi connectivity index (χ0n) is 13.2. The first-order valence-electron chi connectivity index (χ1n) is 7.64. The van der Waals surface area contributed by atoms with E-state index >= 15 is 0 Å². The van der Waals surface area contributed by atoms with Crippen LogP contribution in [0.1, 0.15) is 39.8 Å². The number of anilines is 1. The molecule has 1 aliphatic rings. The average molecular weight is 288 g/mol. The third-order valence-electron chi connectivity index (χ3n) is 4.30. The topological polar surface area (TPSA) is 53.7 Å². The van der Waals surface area contributed by atoms with E-state index in [1.54, 1.807) is 6.20 Å². The first-order valence-corrected chi connectivity index (χ1v) is 7.64. The van der Waals surface area contributed by atoms with Crippen LogP contribution in [0.3, 0.4) is 0 Å². The highest BCUT2D eigenvalue weighted by Crippen LogP contribution is 2.28. The van der Waals surface area contributed by atoms with Crippen molar-refractivity contribution in [2.24, 2.45) is 5.92 Å². The van der Waals surface area contributed by atoms with Crippen LogP contribution in [0.4, 0.5) is 5.82 Å². The quantitative estimate of drug-likeness (QED) is 0.874. The molecule has 2 aromatic heterocycles. The molecule has 5 heteroatoms. The van der Waals surface area contributed by atoms with Crippen molar-refractivity contribution in [1.29, 1.82) is 0 Å². The van der Waals surface area contributed by atoms with E-state index in [0.29, 0.717) is 0 Å². The van der Waals surface area contributed by atoms with E-state index in [-0.39, 0.29) is 17.4 Å². The van der Waals surface area contributed by atoms with Crippen molar-refractivity contribution in [3.8, 4) is 0 Å². The SMILES string of the molecule is CC1CN(c2nccn3nc(C(C)(C)C)cc23)CCC1O. The van der Waals surface area contributed by atoms with Crippen LogP contribution in [0, 0.1) is 5.92 Å². The molecule has 0 aliphatic carbocycles. The molecule has 2 atom stereocenters. The number of nitrogens with zero attached hydrogens (tertiary/aromatic N) is 4. The van der Waals surface area contributed by atoms with Crippen LogP contribution in [0.25, 0.3) is 5.52 Å². The Balaban J connectivity index is 2.01.